The van der Waals surface area contributed by atoms with Crippen LogP contribution in [0.25, 0.3) is 0 Å². The minimum atomic E-state index is -3.78. The maximum absolute atomic E-state index is 11.3. The van der Waals surface area contributed by atoms with Crippen molar-refractivity contribution in [2.24, 2.45) is 0 Å². The molecule has 0 amide bonds. The highest BCUT2D eigenvalue weighted by molar-refractivity contribution is 9.10. The van der Waals surface area contributed by atoms with Gasteiger partial charge in [0, 0.05) is 17.1 Å². The average molecular weight is 342 g/mol. The third-order valence-electron chi connectivity index (χ3n) is 1.86. The van der Waals surface area contributed by atoms with E-state index in [1.807, 2.05) is 6.92 Å². The van der Waals surface area contributed by atoms with Crippen LogP contribution in [0.15, 0.2) is 27.6 Å². The number of esters is 1. The Bertz CT molecular complexity index is 527. The molecule has 17 heavy (non-hydrogen) atoms. The normalized spacial score (nSPS) is 11.2. The molecule has 7 heteroatoms. The highest BCUT2D eigenvalue weighted by Gasteiger charge is 2.14. The molecule has 0 bridgehead atoms. The highest BCUT2D eigenvalue weighted by atomic mass is 79.9. The Morgan fingerprint density at radius 1 is 1.47 bits per heavy atom. The topological polar surface area (TPSA) is 60.4 Å². The SMILES string of the molecule is CCCC(=O)Oc1ccc(S(=O)(=O)Cl)cc1Br. The lowest BCUT2D eigenvalue weighted by Crippen LogP contribution is -2.07. The molecule has 1 aromatic rings. The van der Waals surface area contributed by atoms with E-state index in [2.05, 4.69) is 15.9 Å². The summed E-state index contributed by atoms with van der Waals surface area (Å²) >= 11 is 3.12. The highest BCUT2D eigenvalue weighted by Crippen LogP contribution is 2.29. The molecule has 0 spiro atoms. The fraction of sp³-hybridized carbons (Fsp3) is 0.300. The van der Waals surface area contributed by atoms with Crippen molar-refractivity contribution >= 4 is 41.6 Å². The van der Waals surface area contributed by atoms with Crippen LogP contribution in [0.1, 0.15) is 19.8 Å². The molecule has 1 rings (SSSR count). The maximum Gasteiger partial charge on any atom is 0.311 e. The van der Waals surface area contributed by atoms with E-state index in [4.69, 9.17) is 15.4 Å². The third-order valence-corrected chi connectivity index (χ3v) is 3.83. The minimum Gasteiger partial charge on any atom is -0.425 e. The number of ether oxygens (including phenoxy) is 1. The van der Waals surface area contributed by atoms with E-state index < -0.39 is 9.05 Å². The first-order chi connectivity index (χ1) is 7.84. The van der Waals surface area contributed by atoms with Gasteiger partial charge in [0.15, 0.2) is 0 Å². The zero-order valence-corrected chi connectivity index (χ0v) is 12.1. The van der Waals surface area contributed by atoms with Crippen LogP contribution in [0.4, 0.5) is 0 Å². The summed E-state index contributed by atoms with van der Waals surface area (Å²) in [5.74, 6) is -0.0952. The molecule has 1 aromatic carbocycles. The second kappa shape index (κ2) is 5.84. The van der Waals surface area contributed by atoms with Gasteiger partial charge in [0.2, 0.25) is 0 Å². The smallest absolute Gasteiger partial charge is 0.311 e. The van der Waals surface area contributed by atoms with Gasteiger partial charge in [0.1, 0.15) is 5.75 Å². The van der Waals surface area contributed by atoms with Crippen LogP contribution in [0.3, 0.4) is 0 Å². The second-order valence-electron chi connectivity index (χ2n) is 3.25. The Morgan fingerprint density at radius 3 is 2.59 bits per heavy atom. The molecule has 0 N–H and O–H groups in total. The van der Waals surface area contributed by atoms with E-state index in [1.54, 1.807) is 0 Å². The zero-order valence-electron chi connectivity index (χ0n) is 8.94. The average Bonchev–Trinajstić information content (AvgIpc) is 2.20. The first kappa shape index (κ1) is 14.5. The Labute approximate surface area is 112 Å². The van der Waals surface area contributed by atoms with Gasteiger partial charge in [-0.3, -0.25) is 4.79 Å². The quantitative estimate of drug-likeness (QED) is 0.480. The number of carbonyl (C=O) groups excluding carboxylic acids is 1. The molecule has 0 aliphatic heterocycles. The maximum atomic E-state index is 11.3. The monoisotopic (exact) mass is 340 g/mol. The molecular weight excluding hydrogens is 332 g/mol. The van der Waals surface area contributed by atoms with Crippen molar-refractivity contribution in [2.45, 2.75) is 24.7 Å². The summed E-state index contributed by atoms with van der Waals surface area (Å²) in [6.45, 7) is 1.86. The summed E-state index contributed by atoms with van der Waals surface area (Å²) in [5, 5.41) is 0. The van der Waals surface area contributed by atoms with E-state index in [9.17, 15) is 13.2 Å². The second-order valence-corrected chi connectivity index (χ2v) is 6.67. The summed E-state index contributed by atoms with van der Waals surface area (Å²) in [6, 6.07) is 3.95. The van der Waals surface area contributed by atoms with Crippen molar-refractivity contribution in [3.05, 3.63) is 22.7 Å². The molecule has 0 saturated carbocycles. The van der Waals surface area contributed by atoms with E-state index >= 15 is 0 Å². The van der Waals surface area contributed by atoms with Crippen molar-refractivity contribution in [1.29, 1.82) is 0 Å². The van der Waals surface area contributed by atoms with Gasteiger partial charge in [-0.2, -0.15) is 0 Å². The van der Waals surface area contributed by atoms with Crippen LogP contribution in [-0.2, 0) is 13.8 Å². The van der Waals surface area contributed by atoms with Crippen molar-refractivity contribution < 1.29 is 17.9 Å². The lowest BCUT2D eigenvalue weighted by atomic mass is 10.3. The molecule has 4 nitrogen and oxygen atoms in total. The number of carbonyl (C=O) groups is 1. The van der Waals surface area contributed by atoms with E-state index in [1.165, 1.54) is 18.2 Å². The zero-order chi connectivity index (χ0) is 13.1. The minimum absolute atomic E-state index is 0.0543. The van der Waals surface area contributed by atoms with Gasteiger partial charge < -0.3 is 4.74 Å². The molecular formula is C10H10BrClO4S. The summed E-state index contributed by atoms with van der Waals surface area (Å²) in [6.07, 6.45) is 0.993. The fourth-order valence-corrected chi connectivity index (χ4v) is 2.48. The molecule has 0 fully saturated rings. The molecule has 94 valence electrons. The predicted molar refractivity (Wildman–Crippen MR) is 67.7 cm³/mol. The molecule has 0 unspecified atom stereocenters. The van der Waals surface area contributed by atoms with Crippen LogP contribution in [-0.4, -0.2) is 14.4 Å². The number of hydrogen-bond donors (Lipinski definition) is 0. The Balaban J connectivity index is 2.95. The summed E-state index contributed by atoms with van der Waals surface area (Å²) < 4.78 is 27.5. The molecule has 0 aliphatic carbocycles. The third kappa shape index (κ3) is 4.29. The summed E-state index contributed by atoms with van der Waals surface area (Å²) in [7, 11) is 1.40. The van der Waals surface area contributed by atoms with Gasteiger partial charge >= 0.3 is 5.97 Å². The first-order valence-corrected chi connectivity index (χ1v) is 7.89. The predicted octanol–water partition coefficient (Wildman–Crippen LogP) is 3.08. The Morgan fingerprint density at radius 2 is 2.12 bits per heavy atom. The number of benzene rings is 1. The fourth-order valence-electron chi connectivity index (χ4n) is 1.09. The number of halogens is 2. The van der Waals surface area contributed by atoms with Gasteiger partial charge in [-0.25, -0.2) is 8.42 Å². The molecule has 0 heterocycles. The molecule has 0 saturated heterocycles. The van der Waals surface area contributed by atoms with E-state index in [-0.39, 0.29) is 16.6 Å². The Kier molecular flexibility index (Phi) is 4.97. The van der Waals surface area contributed by atoms with Crippen molar-refractivity contribution in [1.82, 2.24) is 0 Å². The van der Waals surface area contributed by atoms with Crippen molar-refractivity contribution in [2.75, 3.05) is 0 Å². The molecule has 0 radical (unpaired) electrons. The van der Waals surface area contributed by atoms with Gasteiger partial charge in [-0.15, -0.1) is 0 Å². The number of hydrogen-bond acceptors (Lipinski definition) is 4. The summed E-state index contributed by atoms with van der Waals surface area (Å²) in [4.78, 5) is 11.2. The Hall–Kier alpha value is -0.590. The van der Waals surface area contributed by atoms with Gasteiger partial charge in [0.25, 0.3) is 9.05 Å². The largest absolute Gasteiger partial charge is 0.425 e. The van der Waals surface area contributed by atoms with Crippen molar-refractivity contribution in [3.63, 3.8) is 0 Å². The molecule has 0 atom stereocenters. The standard InChI is InChI=1S/C10H10BrClO4S/c1-2-3-10(13)16-9-5-4-7(6-8(9)11)17(12,14)15/h4-6H,2-3H2,1H3. The van der Waals surface area contributed by atoms with Crippen LogP contribution in [0, 0.1) is 0 Å². The van der Waals surface area contributed by atoms with Crippen LogP contribution in [0.5, 0.6) is 5.75 Å². The van der Waals surface area contributed by atoms with E-state index in [0.717, 1.165) is 0 Å². The van der Waals surface area contributed by atoms with E-state index in [0.29, 0.717) is 17.3 Å². The van der Waals surface area contributed by atoms with Gasteiger partial charge in [0.05, 0.1) is 9.37 Å². The number of rotatable bonds is 4. The van der Waals surface area contributed by atoms with Crippen molar-refractivity contribution in [3.8, 4) is 5.75 Å². The van der Waals surface area contributed by atoms with Gasteiger partial charge in [-0.05, 0) is 40.5 Å². The molecule has 0 aromatic heterocycles. The summed E-state index contributed by atoms with van der Waals surface area (Å²) in [5.41, 5.74) is 0. The van der Waals surface area contributed by atoms with Crippen LogP contribution < -0.4 is 4.74 Å². The van der Waals surface area contributed by atoms with Gasteiger partial charge in [-0.1, -0.05) is 6.92 Å². The van der Waals surface area contributed by atoms with Crippen LogP contribution in [0.2, 0.25) is 0 Å². The van der Waals surface area contributed by atoms with Crippen LogP contribution >= 0.6 is 26.6 Å². The lowest BCUT2D eigenvalue weighted by molar-refractivity contribution is -0.134. The lowest BCUT2D eigenvalue weighted by Gasteiger charge is -2.06. The molecule has 0 aliphatic rings. The first-order valence-electron chi connectivity index (χ1n) is 4.79.